The molecule has 19 heavy (non-hydrogen) atoms. The standard InChI is InChI=1S/C14H19NO4/c1-3-9-15(11(2)13(16)17)14(18)19-10-12-7-5-4-6-8-12/h4-8,11H,3,9-10H2,1-2H3,(H,16,17). The van der Waals surface area contributed by atoms with Crippen LogP contribution in [0.1, 0.15) is 25.8 Å². The highest BCUT2D eigenvalue weighted by Gasteiger charge is 2.25. The average molecular weight is 265 g/mol. The van der Waals surface area contributed by atoms with E-state index in [0.717, 1.165) is 5.56 Å². The summed E-state index contributed by atoms with van der Waals surface area (Å²) in [7, 11) is 0. The number of aliphatic carboxylic acids is 1. The summed E-state index contributed by atoms with van der Waals surface area (Å²) >= 11 is 0. The van der Waals surface area contributed by atoms with E-state index in [9.17, 15) is 9.59 Å². The van der Waals surface area contributed by atoms with Crippen LogP contribution in [0, 0.1) is 0 Å². The zero-order valence-electron chi connectivity index (χ0n) is 11.2. The van der Waals surface area contributed by atoms with Crippen molar-refractivity contribution < 1.29 is 19.4 Å². The van der Waals surface area contributed by atoms with Crippen molar-refractivity contribution in [1.29, 1.82) is 0 Å². The third kappa shape index (κ3) is 4.62. The molecule has 104 valence electrons. The summed E-state index contributed by atoms with van der Waals surface area (Å²) in [6, 6.07) is 8.39. The smallest absolute Gasteiger partial charge is 0.410 e. The second kappa shape index (κ2) is 7.41. The van der Waals surface area contributed by atoms with Gasteiger partial charge < -0.3 is 9.84 Å². The molecule has 0 radical (unpaired) electrons. The largest absolute Gasteiger partial charge is 0.480 e. The molecule has 0 heterocycles. The first-order chi connectivity index (χ1) is 9.06. The lowest BCUT2D eigenvalue weighted by molar-refractivity contribution is -0.142. The van der Waals surface area contributed by atoms with E-state index < -0.39 is 18.1 Å². The number of nitrogens with zero attached hydrogens (tertiary/aromatic N) is 1. The van der Waals surface area contributed by atoms with Gasteiger partial charge in [-0.2, -0.15) is 0 Å². The number of amides is 1. The van der Waals surface area contributed by atoms with Crippen LogP contribution >= 0.6 is 0 Å². The Hall–Kier alpha value is -2.04. The molecule has 0 fully saturated rings. The van der Waals surface area contributed by atoms with Crippen molar-refractivity contribution in [2.24, 2.45) is 0 Å². The Morgan fingerprint density at radius 1 is 1.32 bits per heavy atom. The summed E-state index contributed by atoms with van der Waals surface area (Å²) in [5.74, 6) is -1.04. The molecular weight excluding hydrogens is 246 g/mol. The lowest BCUT2D eigenvalue weighted by Crippen LogP contribution is -2.43. The van der Waals surface area contributed by atoms with Crippen molar-refractivity contribution in [3.63, 3.8) is 0 Å². The number of benzene rings is 1. The van der Waals surface area contributed by atoms with Crippen molar-refractivity contribution >= 4 is 12.1 Å². The molecule has 0 saturated carbocycles. The average Bonchev–Trinajstić information content (AvgIpc) is 2.42. The molecule has 5 heteroatoms. The number of carbonyl (C=O) groups excluding carboxylic acids is 1. The number of carboxylic acid groups (broad SMARTS) is 1. The van der Waals surface area contributed by atoms with Gasteiger partial charge in [0.2, 0.25) is 0 Å². The molecule has 1 N–H and O–H groups in total. The highest BCUT2D eigenvalue weighted by atomic mass is 16.6. The Bertz CT molecular complexity index is 419. The van der Waals surface area contributed by atoms with E-state index >= 15 is 0 Å². The molecule has 1 amide bonds. The van der Waals surface area contributed by atoms with Gasteiger partial charge in [-0.15, -0.1) is 0 Å². The van der Waals surface area contributed by atoms with Gasteiger partial charge in [-0.3, -0.25) is 4.90 Å². The summed E-state index contributed by atoms with van der Waals surface area (Å²) in [6.07, 6.45) is 0.0820. The van der Waals surface area contributed by atoms with Crippen LogP contribution < -0.4 is 0 Å². The van der Waals surface area contributed by atoms with Crippen LogP contribution in [0.25, 0.3) is 0 Å². The second-order valence-electron chi connectivity index (χ2n) is 4.25. The van der Waals surface area contributed by atoms with Gasteiger partial charge in [0.25, 0.3) is 0 Å². The molecule has 1 rings (SSSR count). The Balaban J connectivity index is 2.60. The molecular formula is C14H19NO4. The van der Waals surface area contributed by atoms with Crippen LogP contribution in [0.3, 0.4) is 0 Å². The monoisotopic (exact) mass is 265 g/mol. The third-order valence-corrected chi connectivity index (χ3v) is 2.73. The van der Waals surface area contributed by atoms with Gasteiger partial charge in [0.1, 0.15) is 12.6 Å². The van der Waals surface area contributed by atoms with E-state index in [1.807, 2.05) is 37.3 Å². The maximum Gasteiger partial charge on any atom is 0.410 e. The van der Waals surface area contributed by atoms with E-state index in [-0.39, 0.29) is 6.61 Å². The first kappa shape index (κ1) is 15.0. The normalized spacial score (nSPS) is 11.7. The van der Waals surface area contributed by atoms with Gasteiger partial charge in [-0.05, 0) is 18.9 Å². The maximum atomic E-state index is 11.9. The van der Waals surface area contributed by atoms with E-state index in [0.29, 0.717) is 13.0 Å². The zero-order chi connectivity index (χ0) is 14.3. The predicted molar refractivity (Wildman–Crippen MR) is 70.7 cm³/mol. The minimum atomic E-state index is -1.04. The van der Waals surface area contributed by atoms with Crippen molar-refractivity contribution in [2.75, 3.05) is 6.54 Å². The first-order valence-corrected chi connectivity index (χ1v) is 6.26. The maximum absolute atomic E-state index is 11.9. The topological polar surface area (TPSA) is 66.8 Å². The minimum Gasteiger partial charge on any atom is -0.480 e. The molecule has 5 nitrogen and oxygen atoms in total. The van der Waals surface area contributed by atoms with Gasteiger partial charge in [0, 0.05) is 6.54 Å². The highest BCUT2D eigenvalue weighted by Crippen LogP contribution is 2.07. The van der Waals surface area contributed by atoms with Gasteiger partial charge in [-0.1, -0.05) is 37.3 Å². The zero-order valence-corrected chi connectivity index (χ0v) is 11.2. The molecule has 0 spiro atoms. The fourth-order valence-corrected chi connectivity index (χ4v) is 1.62. The number of carboxylic acids is 1. The molecule has 1 aromatic rings. The van der Waals surface area contributed by atoms with Crippen molar-refractivity contribution in [3.8, 4) is 0 Å². The van der Waals surface area contributed by atoms with E-state index in [1.54, 1.807) is 0 Å². The molecule has 0 aliphatic rings. The van der Waals surface area contributed by atoms with Crippen molar-refractivity contribution in [3.05, 3.63) is 35.9 Å². The number of ether oxygens (including phenoxy) is 1. The lowest BCUT2D eigenvalue weighted by Gasteiger charge is -2.25. The van der Waals surface area contributed by atoms with E-state index in [2.05, 4.69) is 0 Å². The quantitative estimate of drug-likeness (QED) is 0.858. The van der Waals surface area contributed by atoms with Gasteiger partial charge >= 0.3 is 12.1 Å². The Morgan fingerprint density at radius 3 is 2.47 bits per heavy atom. The number of hydrogen-bond donors (Lipinski definition) is 1. The van der Waals surface area contributed by atoms with Gasteiger partial charge in [0.15, 0.2) is 0 Å². The molecule has 0 bridgehead atoms. The Kier molecular flexibility index (Phi) is 5.85. The van der Waals surface area contributed by atoms with Crippen molar-refractivity contribution in [1.82, 2.24) is 4.90 Å². The van der Waals surface area contributed by atoms with Gasteiger partial charge in [-0.25, -0.2) is 9.59 Å². The van der Waals surface area contributed by atoms with E-state index in [1.165, 1.54) is 11.8 Å². The fraction of sp³-hybridized carbons (Fsp3) is 0.429. The molecule has 0 aromatic heterocycles. The minimum absolute atomic E-state index is 0.145. The van der Waals surface area contributed by atoms with Crippen LogP contribution in [-0.4, -0.2) is 34.7 Å². The van der Waals surface area contributed by atoms with Crippen molar-refractivity contribution in [2.45, 2.75) is 32.9 Å². The fourth-order valence-electron chi connectivity index (χ4n) is 1.62. The predicted octanol–water partition coefficient (Wildman–Crippen LogP) is 2.51. The summed E-state index contributed by atoms with van der Waals surface area (Å²) < 4.78 is 5.14. The summed E-state index contributed by atoms with van der Waals surface area (Å²) in [6.45, 7) is 3.86. The molecule has 1 atom stereocenters. The molecule has 0 saturated heterocycles. The third-order valence-electron chi connectivity index (χ3n) is 2.73. The van der Waals surface area contributed by atoms with Crippen LogP contribution in [0.2, 0.25) is 0 Å². The van der Waals surface area contributed by atoms with Gasteiger partial charge in [0.05, 0.1) is 0 Å². The highest BCUT2D eigenvalue weighted by molar-refractivity contribution is 5.79. The Morgan fingerprint density at radius 2 is 1.95 bits per heavy atom. The van der Waals surface area contributed by atoms with Crippen LogP contribution in [0.15, 0.2) is 30.3 Å². The van der Waals surface area contributed by atoms with E-state index in [4.69, 9.17) is 9.84 Å². The molecule has 0 aliphatic heterocycles. The van der Waals surface area contributed by atoms with Crippen LogP contribution in [-0.2, 0) is 16.1 Å². The number of carbonyl (C=O) groups is 2. The number of rotatable bonds is 6. The number of hydrogen-bond acceptors (Lipinski definition) is 3. The molecule has 1 unspecified atom stereocenters. The van der Waals surface area contributed by atoms with Crippen LogP contribution in [0.4, 0.5) is 4.79 Å². The van der Waals surface area contributed by atoms with Crippen LogP contribution in [0.5, 0.6) is 0 Å². The summed E-state index contributed by atoms with van der Waals surface area (Å²) in [5.41, 5.74) is 0.871. The first-order valence-electron chi connectivity index (χ1n) is 6.26. The molecule has 1 aromatic carbocycles. The Labute approximate surface area is 112 Å². The SMILES string of the molecule is CCCN(C(=O)OCc1ccccc1)C(C)C(=O)O. The summed E-state index contributed by atoms with van der Waals surface area (Å²) in [4.78, 5) is 24.1. The second-order valence-corrected chi connectivity index (χ2v) is 4.25. The summed E-state index contributed by atoms with van der Waals surface area (Å²) in [5, 5.41) is 8.96. The molecule has 0 aliphatic carbocycles. The lowest BCUT2D eigenvalue weighted by atomic mass is 10.2.